The molecule has 23 heavy (non-hydrogen) atoms. The van der Waals surface area contributed by atoms with E-state index in [1.54, 1.807) is 16.8 Å². The minimum Gasteiger partial charge on any atom is -0.369 e. The summed E-state index contributed by atoms with van der Waals surface area (Å²) in [5.41, 5.74) is 2.96. The first kappa shape index (κ1) is 14.7. The second-order valence-electron chi connectivity index (χ2n) is 6.39. The van der Waals surface area contributed by atoms with E-state index in [1.807, 2.05) is 6.07 Å². The molecular weight excluding hydrogens is 291 g/mol. The van der Waals surface area contributed by atoms with Gasteiger partial charge >= 0.3 is 0 Å². The Bertz CT molecular complexity index is 709. The molecule has 0 amide bonds. The first-order chi connectivity index (χ1) is 11.3. The minimum atomic E-state index is -0.228. The molecular formula is C18H23FN4. The van der Waals surface area contributed by atoms with Gasteiger partial charge in [0, 0.05) is 12.1 Å². The van der Waals surface area contributed by atoms with E-state index in [1.165, 1.54) is 24.5 Å². The number of fused-ring (bicyclic) bond motifs is 1. The molecule has 1 fully saturated rings. The molecule has 0 spiro atoms. The van der Waals surface area contributed by atoms with Crippen LogP contribution in [0.5, 0.6) is 0 Å². The molecule has 2 aliphatic rings. The number of hydrogen-bond donors (Lipinski definition) is 1. The highest BCUT2D eigenvalue weighted by Gasteiger charge is 2.32. The fourth-order valence-corrected chi connectivity index (χ4v) is 3.95. The summed E-state index contributed by atoms with van der Waals surface area (Å²) >= 11 is 0. The van der Waals surface area contributed by atoms with Gasteiger partial charge in [0.25, 0.3) is 0 Å². The van der Waals surface area contributed by atoms with Crippen LogP contribution in [0.25, 0.3) is 5.69 Å². The molecule has 5 heteroatoms. The van der Waals surface area contributed by atoms with Gasteiger partial charge in [-0.3, -0.25) is 4.90 Å². The molecule has 1 aromatic heterocycles. The molecule has 1 saturated heterocycles. The van der Waals surface area contributed by atoms with E-state index < -0.39 is 0 Å². The van der Waals surface area contributed by atoms with Gasteiger partial charge in [-0.05, 0) is 44.5 Å². The number of para-hydroxylation sites is 1. The van der Waals surface area contributed by atoms with Gasteiger partial charge < -0.3 is 5.32 Å². The normalized spacial score (nSPS) is 21.2. The van der Waals surface area contributed by atoms with E-state index >= 15 is 0 Å². The Morgan fingerprint density at radius 2 is 2.17 bits per heavy atom. The quantitative estimate of drug-likeness (QED) is 0.941. The summed E-state index contributed by atoms with van der Waals surface area (Å²) in [6.07, 6.45) is 4.64. The summed E-state index contributed by atoms with van der Waals surface area (Å²) in [6.45, 7) is 5.30. The van der Waals surface area contributed by atoms with Gasteiger partial charge in [-0.25, -0.2) is 9.07 Å². The fraction of sp³-hybridized carbons (Fsp3) is 0.500. The first-order valence-corrected chi connectivity index (χ1v) is 8.64. The second-order valence-corrected chi connectivity index (χ2v) is 6.39. The molecule has 0 aliphatic carbocycles. The van der Waals surface area contributed by atoms with Crippen molar-refractivity contribution in [1.29, 1.82) is 0 Å². The third kappa shape index (κ3) is 2.43. The Balaban J connectivity index is 1.80. The zero-order valence-corrected chi connectivity index (χ0v) is 13.6. The number of likely N-dealkylation sites (tertiary alicyclic amines) is 1. The van der Waals surface area contributed by atoms with E-state index in [0.29, 0.717) is 11.7 Å². The molecule has 0 saturated carbocycles. The minimum absolute atomic E-state index is 0.228. The van der Waals surface area contributed by atoms with E-state index in [0.717, 1.165) is 44.0 Å². The third-order valence-corrected chi connectivity index (χ3v) is 5.10. The lowest BCUT2D eigenvalue weighted by Gasteiger charge is -2.34. The highest BCUT2D eigenvalue weighted by molar-refractivity contribution is 5.57. The number of halogens is 1. The standard InChI is InChI=1S/C18H23FN4/c1-2-22-12-6-5-9-16(22)17-13-10-11-20-18(13)23(21-17)15-8-4-3-7-14(15)19/h3-4,7-8,16,20H,2,5-6,9-12H2,1H3. The van der Waals surface area contributed by atoms with E-state index in [4.69, 9.17) is 5.10 Å². The average molecular weight is 314 g/mol. The van der Waals surface area contributed by atoms with Crippen LogP contribution in [0.1, 0.15) is 43.5 Å². The number of hydrogen-bond acceptors (Lipinski definition) is 3. The Hall–Kier alpha value is -1.88. The van der Waals surface area contributed by atoms with Crippen molar-refractivity contribution >= 4 is 5.82 Å². The van der Waals surface area contributed by atoms with Crippen LogP contribution in [-0.2, 0) is 6.42 Å². The van der Waals surface area contributed by atoms with Crippen LogP contribution in [0.2, 0.25) is 0 Å². The maximum Gasteiger partial charge on any atom is 0.148 e. The van der Waals surface area contributed by atoms with Crippen molar-refractivity contribution in [2.75, 3.05) is 25.0 Å². The molecule has 0 radical (unpaired) electrons. The van der Waals surface area contributed by atoms with Gasteiger partial charge in [-0.1, -0.05) is 25.5 Å². The first-order valence-electron chi connectivity index (χ1n) is 8.64. The van der Waals surface area contributed by atoms with Crippen LogP contribution in [0, 0.1) is 5.82 Å². The van der Waals surface area contributed by atoms with Crippen LogP contribution >= 0.6 is 0 Å². The van der Waals surface area contributed by atoms with Gasteiger partial charge in [0.15, 0.2) is 0 Å². The average Bonchev–Trinajstić information content (AvgIpc) is 3.18. The van der Waals surface area contributed by atoms with Crippen molar-refractivity contribution in [3.05, 3.63) is 41.3 Å². The van der Waals surface area contributed by atoms with Crippen molar-refractivity contribution in [3.63, 3.8) is 0 Å². The van der Waals surface area contributed by atoms with E-state index in [9.17, 15) is 4.39 Å². The van der Waals surface area contributed by atoms with Gasteiger partial charge in [0.05, 0.1) is 11.7 Å². The fourth-order valence-electron chi connectivity index (χ4n) is 3.95. The Labute approximate surface area is 136 Å². The zero-order chi connectivity index (χ0) is 15.8. The number of nitrogens with one attached hydrogen (secondary N) is 1. The van der Waals surface area contributed by atoms with E-state index in [2.05, 4.69) is 17.1 Å². The smallest absolute Gasteiger partial charge is 0.148 e. The SMILES string of the molecule is CCN1CCCCC1c1nn(-c2ccccc2F)c2c1CCN2. The molecule has 2 aromatic rings. The van der Waals surface area contributed by atoms with Crippen molar-refractivity contribution < 1.29 is 4.39 Å². The number of anilines is 1. The maximum absolute atomic E-state index is 14.2. The molecule has 122 valence electrons. The topological polar surface area (TPSA) is 33.1 Å². The highest BCUT2D eigenvalue weighted by Crippen LogP contribution is 2.38. The van der Waals surface area contributed by atoms with Gasteiger partial charge in [-0.15, -0.1) is 0 Å². The van der Waals surface area contributed by atoms with Crippen molar-refractivity contribution in [1.82, 2.24) is 14.7 Å². The Kier molecular flexibility index (Phi) is 3.81. The number of nitrogens with zero attached hydrogens (tertiary/aromatic N) is 3. The summed E-state index contributed by atoms with van der Waals surface area (Å²) in [7, 11) is 0. The third-order valence-electron chi connectivity index (χ3n) is 5.10. The Morgan fingerprint density at radius 1 is 1.30 bits per heavy atom. The number of benzene rings is 1. The molecule has 0 bridgehead atoms. The lowest BCUT2D eigenvalue weighted by molar-refractivity contribution is 0.153. The number of rotatable bonds is 3. The number of piperidine rings is 1. The maximum atomic E-state index is 14.2. The predicted octanol–water partition coefficient (Wildman–Crippen LogP) is 3.53. The van der Waals surface area contributed by atoms with Crippen LogP contribution in [0.4, 0.5) is 10.2 Å². The predicted molar refractivity (Wildman–Crippen MR) is 89.6 cm³/mol. The summed E-state index contributed by atoms with van der Waals surface area (Å²) < 4.78 is 16.0. The molecule has 1 N–H and O–H groups in total. The van der Waals surface area contributed by atoms with Crippen molar-refractivity contribution in [2.24, 2.45) is 0 Å². The summed E-state index contributed by atoms with van der Waals surface area (Å²) in [5.74, 6) is 0.751. The molecule has 4 rings (SSSR count). The lowest BCUT2D eigenvalue weighted by Crippen LogP contribution is -2.34. The highest BCUT2D eigenvalue weighted by atomic mass is 19.1. The zero-order valence-electron chi connectivity index (χ0n) is 13.6. The number of aromatic nitrogens is 2. The monoisotopic (exact) mass is 314 g/mol. The summed E-state index contributed by atoms with van der Waals surface area (Å²) in [5, 5.41) is 8.26. The molecule has 1 atom stereocenters. The van der Waals surface area contributed by atoms with Gasteiger partial charge in [0.1, 0.15) is 17.3 Å². The lowest BCUT2D eigenvalue weighted by atomic mass is 9.96. The Morgan fingerprint density at radius 3 is 3.00 bits per heavy atom. The summed E-state index contributed by atoms with van der Waals surface area (Å²) in [6, 6.07) is 7.24. The van der Waals surface area contributed by atoms with Crippen molar-refractivity contribution in [3.8, 4) is 5.69 Å². The molecule has 2 aliphatic heterocycles. The van der Waals surface area contributed by atoms with Gasteiger partial charge in [0.2, 0.25) is 0 Å². The van der Waals surface area contributed by atoms with E-state index in [-0.39, 0.29) is 5.82 Å². The van der Waals surface area contributed by atoms with Crippen LogP contribution in [0.15, 0.2) is 24.3 Å². The van der Waals surface area contributed by atoms with Gasteiger partial charge in [-0.2, -0.15) is 5.10 Å². The van der Waals surface area contributed by atoms with Crippen LogP contribution in [-0.4, -0.2) is 34.3 Å². The molecule has 4 nitrogen and oxygen atoms in total. The van der Waals surface area contributed by atoms with Crippen LogP contribution in [0.3, 0.4) is 0 Å². The largest absolute Gasteiger partial charge is 0.369 e. The van der Waals surface area contributed by atoms with Crippen molar-refractivity contribution in [2.45, 2.75) is 38.6 Å². The molecule has 3 heterocycles. The summed E-state index contributed by atoms with van der Waals surface area (Å²) in [4.78, 5) is 2.51. The molecule has 1 aromatic carbocycles. The molecule has 1 unspecified atom stereocenters. The van der Waals surface area contributed by atoms with Crippen LogP contribution < -0.4 is 5.32 Å². The second kappa shape index (κ2) is 5.96.